The van der Waals surface area contributed by atoms with Crippen LogP contribution in [0.1, 0.15) is 32.5 Å². The summed E-state index contributed by atoms with van der Waals surface area (Å²) in [7, 11) is 1.76. The first-order valence-electron chi connectivity index (χ1n) is 6.46. The molecule has 7 heteroatoms. The number of rotatable bonds is 8. The summed E-state index contributed by atoms with van der Waals surface area (Å²) in [6.07, 6.45) is 2.07. The van der Waals surface area contributed by atoms with Gasteiger partial charge in [0.25, 0.3) is 0 Å². The average Bonchev–Trinajstić information content (AvgIpc) is 2.61. The molecule has 0 aliphatic carbocycles. The molecule has 0 saturated heterocycles. The highest BCUT2D eigenvalue weighted by atomic mass is 16.6. The van der Waals surface area contributed by atoms with Crippen molar-refractivity contribution in [3.63, 3.8) is 0 Å². The summed E-state index contributed by atoms with van der Waals surface area (Å²) in [5.74, 6) is 0.975. The van der Waals surface area contributed by atoms with Gasteiger partial charge in [0.15, 0.2) is 0 Å². The molecule has 0 aliphatic heterocycles. The van der Waals surface area contributed by atoms with Gasteiger partial charge in [0.1, 0.15) is 0 Å². The molecule has 0 bridgehead atoms. The highest BCUT2D eigenvalue weighted by Gasteiger charge is 2.22. The first kappa shape index (κ1) is 15.4. The Kier molecular flexibility index (Phi) is 5.75. The summed E-state index contributed by atoms with van der Waals surface area (Å²) in [6, 6.07) is 0. The smallest absolute Gasteiger partial charge is 0.379 e. The number of nitrogens with one attached hydrogen (secondary N) is 1. The van der Waals surface area contributed by atoms with Crippen molar-refractivity contribution in [3.8, 4) is 0 Å². The summed E-state index contributed by atoms with van der Waals surface area (Å²) in [5, 5.41) is 13.9. The maximum absolute atomic E-state index is 10.9. The number of hydrogen-bond acceptors (Lipinski definition) is 5. The van der Waals surface area contributed by atoms with Gasteiger partial charge in [-0.15, -0.1) is 0 Å². The fourth-order valence-electron chi connectivity index (χ4n) is 1.67. The topological polar surface area (TPSA) is 82.2 Å². The number of unbranched alkanes of at least 4 members (excludes halogenated alkanes) is 1. The van der Waals surface area contributed by atoms with Crippen LogP contribution in [0.3, 0.4) is 0 Å². The van der Waals surface area contributed by atoms with E-state index in [9.17, 15) is 10.1 Å². The van der Waals surface area contributed by atoms with E-state index in [1.807, 2.05) is 13.8 Å². The van der Waals surface area contributed by atoms with E-state index in [2.05, 4.69) is 10.3 Å². The van der Waals surface area contributed by atoms with Gasteiger partial charge in [0.05, 0.1) is 6.10 Å². The van der Waals surface area contributed by atoms with Gasteiger partial charge in [-0.1, -0.05) is 0 Å². The van der Waals surface area contributed by atoms with E-state index in [4.69, 9.17) is 4.74 Å². The number of ether oxygens (including phenoxy) is 1. The largest absolute Gasteiger partial charge is 0.406 e. The standard InChI is InChI=1S/C12H22N4O3/c1-9(2)19-8-6-5-7-13-11-12(16(17)18)14-10(3)15(11)4/h9,13H,5-8H2,1-4H3. The van der Waals surface area contributed by atoms with Crippen LogP contribution in [0.5, 0.6) is 0 Å². The van der Waals surface area contributed by atoms with Crippen molar-refractivity contribution in [2.45, 2.75) is 39.7 Å². The maximum atomic E-state index is 10.9. The van der Waals surface area contributed by atoms with Crippen LogP contribution in [0.15, 0.2) is 0 Å². The lowest BCUT2D eigenvalue weighted by Gasteiger charge is -2.08. The third kappa shape index (κ3) is 4.51. The molecule has 7 nitrogen and oxygen atoms in total. The zero-order valence-electron chi connectivity index (χ0n) is 12.0. The summed E-state index contributed by atoms with van der Waals surface area (Å²) in [5.41, 5.74) is 0. The lowest BCUT2D eigenvalue weighted by atomic mass is 10.3. The van der Waals surface area contributed by atoms with Crippen molar-refractivity contribution >= 4 is 11.6 Å². The van der Waals surface area contributed by atoms with Gasteiger partial charge in [-0.2, -0.15) is 0 Å². The van der Waals surface area contributed by atoms with E-state index in [0.717, 1.165) is 12.8 Å². The maximum Gasteiger partial charge on any atom is 0.406 e. The fourth-order valence-corrected chi connectivity index (χ4v) is 1.67. The van der Waals surface area contributed by atoms with E-state index in [0.29, 0.717) is 24.8 Å². The molecule has 1 rings (SSSR count). The predicted molar refractivity (Wildman–Crippen MR) is 73.4 cm³/mol. The Balaban J connectivity index is 2.43. The summed E-state index contributed by atoms with van der Waals surface area (Å²) in [6.45, 7) is 7.13. The fraction of sp³-hybridized carbons (Fsp3) is 0.750. The molecule has 0 spiro atoms. The SMILES string of the molecule is Cc1nc([N+](=O)[O-])c(NCCCCOC(C)C)n1C. The molecule has 0 amide bonds. The van der Waals surface area contributed by atoms with Crippen LogP contribution in [0, 0.1) is 17.0 Å². The van der Waals surface area contributed by atoms with Gasteiger partial charge in [-0.3, -0.25) is 4.57 Å². The van der Waals surface area contributed by atoms with Crippen LogP contribution >= 0.6 is 0 Å². The first-order valence-corrected chi connectivity index (χ1v) is 6.46. The molecular formula is C12H22N4O3. The third-order valence-electron chi connectivity index (χ3n) is 2.79. The Bertz CT molecular complexity index is 429. The third-order valence-corrected chi connectivity index (χ3v) is 2.79. The molecule has 1 heterocycles. The van der Waals surface area contributed by atoms with Gasteiger partial charge in [-0.05, 0) is 36.6 Å². The van der Waals surface area contributed by atoms with E-state index in [-0.39, 0.29) is 11.9 Å². The molecule has 0 saturated carbocycles. The van der Waals surface area contributed by atoms with Crippen molar-refractivity contribution < 1.29 is 9.66 Å². The first-order chi connectivity index (χ1) is 8.93. The summed E-state index contributed by atoms with van der Waals surface area (Å²) in [4.78, 5) is 14.3. The molecule has 19 heavy (non-hydrogen) atoms. The minimum absolute atomic E-state index is 0.113. The van der Waals surface area contributed by atoms with Crippen LogP contribution < -0.4 is 5.32 Å². The Labute approximate surface area is 113 Å². The molecule has 0 aliphatic rings. The second-order valence-electron chi connectivity index (χ2n) is 4.70. The Morgan fingerprint density at radius 3 is 2.74 bits per heavy atom. The molecule has 1 aromatic heterocycles. The quantitative estimate of drug-likeness (QED) is 0.445. The van der Waals surface area contributed by atoms with Crippen LogP contribution in [-0.4, -0.2) is 33.7 Å². The monoisotopic (exact) mass is 270 g/mol. The molecular weight excluding hydrogens is 248 g/mol. The minimum atomic E-state index is -0.461. The van der Waals surface area contributed by atoms with E-state index >= 15 is 0 Å². The number of nitro groups is 1. The number of imidazole rings is 1. The number of anilines is 1. The number of aromatic nitrogens is 2. The Morgan fingerprint density at radius 1 is 1.47 bits per heavy atom. The molecule has 0 aromatic carbocycles. The van der Waals surface area contributed by atoms with Gasteiger partial charge >= 0.3 is 5.82 Å². The second kappa shape index (κ2) is 7.08. The molecule has 0 atom stereocenters. The van der Waals surface area contributed by atoms with E-state index in [1.54, 1.807) is 18.5 Å². The summed E-state index contributed by atoms with van der Waals surface area (Å²) < 4.78 is 7.13. The van der Waals surface area contributed by atoms with Crippen molar-refractivity contribution in [1.29, 1.82) is 0 Å². The van der Waals surface area contributed by atoms with Gasteiger partial charge in [-0.25, -0.2) is 0 Å². The van der Waals surface area contributed by atoms with Gasteiger partial charge < -0.3 is 20.2 Å². The van der Waals surface area contributed by atoms with Crippen LogP contribution in [-0.2, 0) is 11.8 Å². The molecule has 0 unspecified atom stereocenters. The predicted octanol–water partition coefficient (Wildman–Crippen LogP) is 2.25. The zero-order valence-corrected chi connectivity index (χ0v) is 12.0. The van der Waals surface area contributed by atoms with Crippen molar-refractivity contribution in [3.05, 3.63) is 15.9 Å². The molecule has 108 valence electrons. The van der Waals surface area contributed by atoms with Crippen LogP contribution in [0.4, 0.5) is 11.6 Å². The van der Waals surface area contributed by atoms with Crippen LogP contribution in [0.2, 0.25) is 0 Å². The number of aryl methyl sites for hydroxylation is 1. The van der Waals surface area contributed by atoms with Crippen LogP contribution in [0.25, 0.3) is 0 Å². The molecule has 0 fully saturated rings. The average molecular weight is 270 g/mol. The van der Waals surface area contributed by atoms with Gasteiger partial charge in [0, 0.05) is 27.1 Å². The lowest BCUT2D eigenvalue weighted by Crippen LogP contribution is -2.10. The summed E-state index contributed by atoms with van der Waals surface area (Å²) >= 11 is 0. The Hall–Kier alpha value is -1.63. The molecule has 1 N–H and O–H groups in total. The van der Waals surface area contributed by atoms with Crippen molar-refractivity contribution in [2.75, 3.05) is 18.5 Å². The van der Waals surface area contributed by atoms with Gasteiger partial charge in [0.2, 0.25) is 11.6 Å². The normalized spacial score (nSPS) is 11.0. The second-order valence-corrected chi connectivity index (χ2v) is 4.70. The highest BCUT2D eigenvalue weighted by Crippen LogP contribution is 2.23. The highest BCUT2D eigenvalue weighted by molar-refractivity contribution is 5.53. The number of hydrogen-bond donors (Lipinski definition) is 1. The molecule has 1 aromatic rings. The van der Waals surface area contributed by atoms with Crippen molar-refractivity contribution in [1.82, 2.24) is 9.55 Å². The lowest BCUT2D eigenvalue weighted by molar-refractivity contribution is -0.388. The molecule has 0 radical (unpaired) electrons. The van der Waals surface area contributed by atoms with Crippen molar-refractivity contribution in [2.24, 2.45) is 7.05 Å². The Morgan fingerprint density at radius 2 is 2.16 bits per heavy atom. The minimum Gasteiger partial charge on any atom is -0.379 e. The van der Waals surface area contributed by atoms with E-state index < -0.39 is 4.92 Å². The zero-order chi connectivity index (χ0) is 14.4. The number of nitrogens with zero attached hydrogens (tertiary/aromatic N) is 3. The van der Waals surface area contributed by atoms with E-state index in [1.165, 1.54) is 0 Å².